The molecule has 0 saturated carbocycles. The monoisotopic (exact) mass is 1370 g/mol. The summed E-state index contributed by atoms with van der Waals surface area (Å²) in [4.78, 5) is 74.4. The summed E-state index contributed by atoms with van der Waals surface area (Å²) < 4.78 is 10.1. The number of amides is 2. The highest BCUT2D eigenvalue weighted by Crippen LogP contribution is 2.30. The summed E-state index contributed by atoms with van der Waals surface area (Å²) in [7, 11) is 0. The summed E-state index contributed by atoms with van der Waals surface area (Å²) in [6, 6.07) is 38.1. The number of hydrogen-bond acceptors (Lipinski definition) is 22. The molecule has 10 rings (SSSR count). The lowest BCUT2D eigenvalue weighted by atomic mass is 10.0. The summed E-state index contributed by atoms with van der Waals surface area (Å²) >= 11 is 22.2. The molecule has 0 unspecified atom stereocenters. The van der Waals surface area contributed by atoms with Crippen molar-refractivity contribution in [1.29, 1.82) is 0 Å². The number of nitrogens with two attached hydrogens (primary N) is 2. The molecule has 2 aliphatic heterocycles. The van der Waals surface area contributed by atoms with Crippen LogP contribution in [0.1, 0.15) is 138 Å². The maximum Gasteiger partial charge on any atom is 0.417 e. The number of nitrogens with zero attached hydrogens (tertiary/aromatic N) is 14. The van der Waals surface area contributed by atoms with E-state index in [0.29, 0.717) is 54.4 Å². The van der Waals surface area contributed by atoms with Crippen molar-refractivity contribution in [2.75, 3.05) is 46.9 Å². The number of aliphatic hydroxyl groups is 2. The first-order chi connectivity index (χ1) is 43.1. The second-order valence-corrected chi connectivity index (χ2v) is 25.4. The van der Waals surface area contributed by atoms with Gasteiger partial charge in [0.05, 0.1) is 35.9 Å². The van der Waals surface area contributed by atoms with Gasteiger partial charge in [-0.05, 0) is 190 Å². The highest BCUT2D eigenvalue weighted by atomic mass is 35.5. The summed E-state index contributed by atoms with van der Waals surface area (Å²) in [6.07, 6.45) is 0.982. The van der Waals surface area contributed by atoms with Crippen LogP contribution in [-0.2, 0) is 22.3 Å². The average molecular weight is 1380 g/mol. The van der Waals surface area contributed by atoms with Crippen LogP contribution in [0.2, 0.25) is 21.1 Å². The highest BCUT2D eigenvalue weighted by Gasteiger charge is 2.44. The number of carbonyl (C=O) groups excluding carboxylic acids is 2. The fraction of sp³-hybridized carbons (Fsp3) is 0.406. The lowest BCUT2D eigenvalue weighted by molar-refractivity contribution is 0.174. The predicted octanol–water partition coefficient (Wildman–Crippen LogP) is 12.2. The maximum atomic E-state index is 12.2. The minimum atomic E-state index is -0.512. The number of aliphatic hydroxyl groups excluding tert-OH is 2. The fourth-order valence-corrected chi connectivity index (χ4v) is 9.02. The lowest BCUT2D eigenvalue weighted by Gasteiger charge is -2.26. The van der Waals surface area contributed by atoms with Gasteiger partial charge in [-0.2, -0.15) is 39.9 Å². The molecule has 2 amide bonds. The van der Waals surface area contributed by atoms with Crippen molar-refractivity contribution in [3.05, 3.63) is 187 Å². The molecule has 24 nitrogen and oxygen atoms in total. The van der Waals surface area contributed by atoms with E-state index < -0.39 is 34.3 Å². The summed E-state index contributed by atoms with van der Waals surface area (Å²) in [6.45, 7) is 26.4. The van der Waals surface area contributed by atoms with Gasteiger partial charge in [-0.3, -0.25) is 0 Å². The molecule has 0 radical (unpaired) electrons. The van der Waals surface area contributed by atoms with Crippen LogP contribution in [0.4, 0.5) is 33.4 Å². The number of nitrogens with one attached hydrogen (secondary N) is 2. The second-order valence-electron chi connectivity index (χ2n) is 24.0. The third-order valence-corrected chi connectivity index (χ3v) is 13.7. The quantitative estimate of drug-likeness (QED) is 0.0589. The van der Waals surface area contributed by atoms with Crippen LogP contribution in [0.15, 0.2) is 109 Å². The molecular weight excluding hydrogens is 1290 g/mol. The molecule has 2 fully saturated rings. The summed E-state index contributed by atoms with van der Waals surface area (Å²) in [5.74, 6) is 3.40. The van der Waals surface area contributed by atoms with Crippen molar-refractivity contribution in [2.24, 2.45) is 11.5 Å². The lowest BCUT2D eigenvalue weighted by Crippen LogP contribution is -2.43. The third kappa shape index (κ3) is 26.3. The Balaban J connectivity index is 0.000000256. The van der Waals surface area contributed by atoms with Gasteiger partial charge in [0.25, 0.3) is 0 Å². The molecule has 29 heteroatoms. The number of rotatable bonds is 14. The largest absolute Gasteiger partial charge is 0.447 e. The van der Waals surface area contributed by atoms with Gasteiger partial charge in [0.1, 0.15) is 36.5 Å². The first-order valence-corrected chi connectivity index (χ1v) is 30.7. The highest BCUT2D eigenvalue weighted by molar-refractivity contribution is 6.31. The number of ether oxygens (including phenoxy) is 2. The molecule has 4 aromatic heterocycles. The van der Waals surface area contributed by atoms with Crippen LogP contribution in [0.3, 0.4) is 0 Å². The van der Waals surface area contributed by atoms with E-state index in [1.807, 2.05) is 60.6 Å². The van der Waals surface area contributed by atoms with Gasteiger partial charge < -0.3 is 41.8 Å². The normalized spacial score (nSPS) is 14.2. The zero-order valence-electron chi connectivity index (χ0n) is 54.7. The van der Waals surface area contributed by atoms with Gasteiger partial charge in [-0.25, -0.2) is 39.3 Å². The van der Waals surface area contributed by atoms with Crippen LogP contribution in [-0.4, -0.2) is 131 Å². The molecule has 4 aromatic carbocycles. The Bertz CT molecular complexity index is 3560. The van der Waals surface area contributed by atoms with Gasteiger partial charge in [0.2, 0.25) is 44.9 Å². The molecule has 2 saturated heterocycles. The Labute approximate surface area is 570 Å². The van der Waals surface area contributed by atoms with Crippen LogP contribution >= 0.6 is 58.8 Å². The van der Waals surface area contributed by atoms with E-state index in [-0.39, 0.29) is 64.8 Å². The number of aryl methyl sites for hydroxylation is 4. The van der Waals surface area contributed by atoms with E-state index in [1.54, 1.807) is 41.5 Å². The Morgan fingerprint density at radius 2 is 0.871 bits per heavy atom. The van der Waals surface area contributed by atoms with Crippen molar-refractivity contribution >= 4 is 94.8 Å². The molecule has 8 aromatic rings. The first-order valence-electron chi connectivity index (χ1n) is 29.2. The molecule has 93 heavy (non-hydrogen) atoms. The number of anilines is 4. The van der Waals surface area contributed by atoms with Gasteiger partial charge in [-0.1, -0.05) is 109 Å². The third-order valence-electron chi connectivity index (χ3n) is 13.0. The summed E-state index contributed by atoms with van der Waals surface area (Å²) in [5, 5.41) is 24.1. The van der Waals surface area contributed by atoms with Gasteiger partial charge in [0, 0.05) is 11.6 Å². The van der Waals surface area contributed by atoms with Crippen LogP contribution in [0.25, 0.3) is 0 Å². The predicted molar refractivity (Wildman–Crippen MR) is 368 cm³/mol. The second kappa shape index (κ2) is 35.6. The number of hydrogen-bond donors (Lipinski definition) is 6. The fourth-order valence-electron chi connectivity index (χ4n) is 8.17. The first kappa shape index (κ1) is 77.8. The molecule has 2 atom stereocenters. The molecule has 0 spiro atoms. The summed E-state index contributed by atoms with van der Waals surface area (Å²) in [5.41, 5.74) is 16.8. The van der Waals surface area contributed by atoms with Crippen LogP contribution < -0.4 is 31.9 Å². The number of aromatic nitrogens is 12. The Morgan fingerprint density at radius 1 is 0.516 bits per heavy atom. The average Bonchev–Trinajstić information content (AvgIpc) is 1.69. The number of halogens is 5. The van der Waals surface area contributed by atoms with Crippen molar-refractivity contribution in [3.63, 3.8) is 0 Å². The van der Waals surface area contributed by atoms with Crippen molar-refractivity contribution in [2.45, 2.75) is 144 Å². The van der Waals surface area contributed by atoms with E-state index in [4.69, 9.17) is 77.6 Å². The Morgan fingerprint density at radius 3 is 1.24 bits per heavy atom. The van der Waals surface area contributed by atoms with Gasteiger partial charge in [-0.15, -0.1) is 12.4 Å². The van der Waals surface area contributed by atoms with Crippen LogP contribution in [0, 0.1) is 27.7 Å². The van der Waals surface area contributed by atoms with E-state index in [9.17, 15) is 9.59 Å². The molecular formula is C64H83Cl5N18O6. The minimum absolute atomic E-state index is 0. The molecule has 2 aliphatic rings. The van der Waals surface area contributed by atoms with Gasteiger partial charge >= 0.3 is 12.2 Å². The van der Waals surface area contributed by atoms with Crippen molar-refractivity contribution in [3.8, 4) is 0 Å². The number of benzene rings is 4. The maximum absolute atomic E-state index is 12.2. The Hall–Kier alpha value is -7.65. The van der Waals surface area contributed by atoms with Crippen molar-refractivity contribution in [1.82, 2.24) is 59.8 Å². The van der Waals surface area contributed by atoms with Crippen molar-refractivity contribution < 1.29 is 29.3 Å². The van der Waals surface area contributed by atoms with E-state index >= 15 is 0 Å². The molecule has 8 N–H and O–H groups in total. The molecule has 0 aliphatic carbocycles. The standard InChI is InChI=1S/C24H27N5O2.C15H17N.C9H11ClN4O2.C8H13ClN4O.C4H3Cl2N3.C4H11NO.ClH/c1-16(20-12-10-19(11-13-20)14-18-8-6-5-7-9-18)25-21-26-17(2)27-22(28-21)29-23(30)31-15-24(29,3)4;1-12(16)15-9-7-14(8-10-15)11-13-5-3-2-4-6-13;1-5-11-6(10)13-7(12-5)14-8(15)16-4-9(14,2)3;1-5-10-6(9)12-7(11-5)13-8(2,3)4-14;1-2-7-3(5)9-4(6)8-2;1-4(2,5)3-6;/h5-13,16H,14-15H2,1-4H3,(H,25,26,27,28);2-10,12H,11,16H2,1H3;4H2,1-3H3;14H,4H2,1-3H3,(H,10,11,12,13);1H3;6H,3,5H2,1-2H3;1H/t16-;12-;;;;;/m00...../s1. The topological polar surface area (TPSA) is 330 Å². The minimum Gasteiger partial charge on any atom is -0.447 e. The zero-order valence-corrected chi connectivity index (χ0v) is 58.5. The SMILES string of the molecule is CC(C)(N)CO.C[C@H](N)c1ccc(Cc2ccccc2)cc1.Cc1nc(Cl)nc(Cl)n1.Cc1nc(Cl)nc(N2C(=O)OCC2(C)C)n1.Cc1nc(Cl)nc(NC(C)(C)CO)n1.Cc1nc(N[C@@H](C)c2ccc(Cc3ccccc3)cc2)nc(N2C(=O)OCC2(C)C)n1.Cl. The molecule has 500 valence electrons. The smallest absolute Gasteiger partial charge is 0.417 e. The molecule has 0 bridgehead atoms. The van der Waals surface area contributed by atoms with E-state index in [0.717, 1.165) is 18.4 Å². The number of cyclic esters (lactones) is 2. The Kier molecular flexibility index (Phi) is 29.8. The number of carbonyl (C=O) groups is 2. The van der Waals surface area contributed by atoms with Crippen LogP contribution in [0.5, 0.6) is 0 Å². The molecule has 6 heterocycles. The van der Waals surface area contributed by atoms with E-state index in [2.05, 4.69) is 174 Å². The zero-order chi connectivity index (χ0) is 68.1. The van der Waals surface area contributed by atoms with E-state index in [1.165, 1.54) is 37.6 Å². The van der Waals surface area contributed by atoms with Gasteiger partial charge in [0.15, 0.2) is 0 Å².